The van der Waals surface area contributed by atoms with Crippen LogP contribution in [0.1, 0.15) is 0 Å². The molecule has 0 aliphatic carbocycles. The summed E-state index contributed by atoms with van der Waals surface area (Å²) in [6.45, 7) is 0. The molecule has 0 rings (SSSR count). The normalized spacial score (nSPS) is 6.38. The molecule has 0 aromatic heterocycles. The van der Waals surface area contributed by atoms with Crippen LogP contribution in [0, 0.1) is 0 Å². The first kappa shape index (κ1) is 11.5. The average Bonchev–Trinajstić information content (AvgIpc) is 1.25. The fraction of sp³-hybridized carbons (Fsp3) is 0. The van der Waals surface area contributed by atoms with E-state index in [-0.39, 0.29) is 0 Å². The number of rotatable bonds is 0. The van der Waals surface area contributed by atoms with E-state index in [1.807, 2.05) is 0 Å². The Kier molecular flexibility index (Phi) is 11.1. The maximum absolute atomic E-state index is 8.81. The molecule has 0 atom stereocenters. The van der Waals surface area contributed by atoms with Crippen LogP contribution < -0.4 is 0 Å². The second kappa shape index (κ2) is 7.73. The summed E-state index contributed by atoms with van der Waals surface area (Å²) < 4.78 is 47.8. The molecule has 0 heterocycles. The summed E-state index contributed by atoms with van der Waals surface area (Å²) in [5.74, 6) is 0. The van der Waals surface area contributed by atoms with Gasteiger partial charge < -0.3 is 0 Å². The van der Waals surface area contributed by atoms with Gasteiger partial charge in [-0.1, -0.05) is 0 Å². The van der Waals surface area contributed by atoms with Crippen LogP contribution in [0.15, 0.2) is 0 Å². The maximum atomic E-state index is 8.81. The third kappa shape index (κ3) is 410. The molecule has 0 aromatic rings. The predicted octanol–water partition coefficient (Wildman–Crippen LogP) is -2.03. The summed E-state index contributed by atoms with van der Waals surface area (Å²) >= 11 is -7.53. The van der Waals surface area contributed by atoms with Crippen molar-refractivity contribution in [1.29, 1.82) is 0 Å². The molecular weight excluding hydrogens is 237 g/mol. The molecule has 0 fully saturated rings. The van der Waals surface area contributed by atoms with Crippen LogP contribution in [-0.2, 0) is 47.2 Å². The zero-order chi connectivity index (χ0) is 7.15. The molecular formula is H3NbO6Ti. The van der Waals surface area contributed by atoms with E-state index in [0.29, 0.717) is 0 Å². The number of hydrogen-bond acceptors (Lipinski definition) is 3. The standard InChI is InChI=1S/Nb.3H2O.3O.Ti/h;3*1H2;;;;/q+1;;;;;;;+2/p-3. The fourth-order valence-electron chi connectivity index (χ4n) is 0. The van der Waals surface area contributed by atoms with E-state index >= 15 is 0 Å². The first-order chi connectivity index (χ1) is 3.46. The van der Waals surface area contributed by atoms with Gasteiger partial charge in [-0.25, -0.2) is 0 Å². The summed E-state index contributed by atoms with van der Waals surface area (Å²) in [5.41, 5.74) is 0. The van der Waals surface area contributed by atoms with Gasteiger partial charge in [-0.05, 0) is 0 Å². The molecule has 0 aliphatic heterocycles. The topological polar surface area (TPSA) is 112 Å². The third-order valence-electron chi connectivity index (χ3n) is 0. The van der Waals surface area contributed by atoms with Crippen molar-refractivity contribution in [1.82, 2.24) is 0 Å². The molecule has 0 spiro atoms. The van der Waals surface area contributed by atoms with Crippen LogP contribution in [0.5, 0.6) is 0 Å². The van der Waals surface area contributed by atoms with Crippen LogP contribution in [0.4, 0.5) is 0 Å². The summed E-state index contributed by atoms with van der Waals surface area (Å²) in [6, 6.07) is 0. The molecule has 0 unspecified atom stereocenters. The van der Waals surface area contributed by atoms with E-state index < -0.39 is 37.4 Å². The van der Waals surface area contributed by atoms with E-state index in [1.165, 1.54) is 0 Å². The van der Waals surface area contributed by atoms with Crippen LogP contribution in [-0.4, -0.2) is 11.0 Å². The monoisotopic (exact) mass is 240 g/mol. The van der Waals surface area contributed by atoms with Gasteiger partial charge in [0.25, 0.3) is 0 Å². The molecule has 0 amide bonds. The first-order valence-electron chi connectivity index (χ1n) is 1.22. The summed E-state index contributed by atoms with van der Waals surface area (Å²) in [4.78, 5) is 0. The van der Waals surface area contributed by atoms with E-state index in [0.717, 1.165) is 0 Å². The van der Waals surface area contributed by atoms with Crippen molar-refractivity contribution in [3.8, 4) is 0 Å². The molecule has 3 N–H and O–H groups in total. The van der Waals surface area contributed by atoms with Crippen molar-refractivity contribution in [2.75, 3.05) is 0 Å². The molecule has 8 heteroatoms. The van der Waals surface area contributed by atoms with E-state index in [9.17, 15) is 0 Å². The van der Waals surface area contributed by atoms with Crippen molar-refractivity contribution < 1.29 is 58.2 Å². The fourth-order valence-corrected chi connectivity index (χ4v) is 0. The molecule has 6 nitrogen and oxygen atoms in total. The van der Waals surface area contributed by atoms with Crippen LogP contribution in [0.3, 0.4) is 0 Å². The Labute approximate surface area is 58.2 Å². The summed E-state index contributed by atoms with van der Waals surface area (Å²) in [7, 11) is 0. The zero-order valence-corrected chi connectivity index (χ0v) is 7.27. The average molecular weight is 240 g/mol. The van der Waals surface area contributed by atoms with Crippen molar-refractivity contribution in [2.24, 2.45) is 0 Å². The minimum absolute atomic E-state index is 3.58. The molecule has 0 saturated heterocycles. The van der Waals surface area contributed by atoms with Gasteiger partial charge in [-0.15, -0.1) is 0 Å². The van der Waals surface area contributed by atoms with E-state index in [2.05, 4.69) is 0 Å². The Morgan fingerprint density at radius 3 is 1.25 bits per heavy atom. The molecule has 8 heavy (non-hydrogen) atoms. The van der Waals surface area contributed by atoms with Crippen molar-refractivity contribution in [3.63, 3.8) is 0 Å². The van der Waals surface area contributed by atoms with E-state index in [1.54, 1.807) is 0 Å². The van der Waals surface area contributed by atoms with Gasteiger partial charge in [0.15, 0.2) is 0 Å². The molecule has 0 aliphatic rings. The Morgan fingerprint density at radius 2 is 1.25 bits per heavy atom. The van der Waals surface area contributed by atoms with Crippen molar-refractivity contribution in [2.45, 2.75) is 0 Å². The van der Waals surface area contributed by atoms with Gasteiger partial charge >= 0.3 is 58.2 Å². The predicted molar refractivity (Wildman–Crippen MR) is 8.72 cm³/mol. The molecule has 0 radical (unpaired) electrons. The second-order valence-electron chi connectivity index (χ2n) is 0.520. The van der Waals surface area contributed by atoms with Crippen molar-refractivity contribution >= 4 is 0 Å². The molecule has 48 valence electrons. The Hall–Kier alpha value is 0.735. The quantitative estimate of drug-likeness (QED) is 0.421. The van der Waals surface area contributed by atoms with Gasteiger partial charge in [0.05, 0.1) is 0 Å². The summed E-state index contributed by atoms with van der Waals surface area (Å²) in [6.07, 6.45) is 0. The van der Waals surface area contributed by atoms with Crippen LogP contribution in [0.2, 0.25) is 0 Å². The SMILES string of the molecule is [O]=[Nb](=[O])[OH].[O]=[Ti]([OH])[OH]. The van der Waals surface area contributed by atoms with Gasteiger partial charge in [-0.3, -0.25) is 0 Å². The summed E-state index contributed by atoms with van der Waals surface area (Å²) in [5, 5.41) is 0. The van der Waals surface area contributed by atoms with Gasteiger partial charge in [-0.2, -0.15) is 0 Å². The Balaban J connectivity index is 0. The van der Waals surface area contributed by atoms with Gasteiger partial charge in [0, 0.05) is 0 Å². The minimum atomic E-state index is -3.95. The second-order valence-corrected chi connectivity index (χ2v) is 2.57. The molecule has 0 saturated carbocycles. The van der Waals surface area contributed by atoms with Crippen LogP contribution >= 0.6 is 0 Å². The first-order valence-corrected chi connectivity index (χ1v) is 6.03. The van der Waals surface area contributed by atoms with Crippen molar-refractivity contribution in [3.05, 3.63) is 0 Å². The van der Waals surface area contributed by atoms with E-state index in [4.69, 9.17) is 20.8 Å². The Bertz CT molecular complexity index is 110. The Morgan fingerprint density at radius 1 is 1.25 bits per heavy atom. The molecule has 0 bridgehead atoms. The van der Waals surface area contributed by atoms with Gasteiger partial charge in [0.2, 0.25) is 0 Å². The zero-order valence-electron chi connectivity index (χ0n) is 3.51. The number of hydrogen-bond donors (Lipinski definition) is 3. The van der Waals surface area contributed by atoms with Crippen LogP contribution in [0.25, 0.3) is 0 Å². The van der Waals surface area contributed by atoms with Gasteiger partial charge in [0.1, 0.15) is 0 Å². The third-order valence-corrected chi connectivity index (χ3v) is 0. The molecule has 0 aromatic carbocycles.